The van der Waals surface area contributed by atoms with Crippen LogP contribution in [0.15, 0.2) is 16.8 Å². The molecule has 2 heteroatoms. The van der Waals surface area contributed by atoms with Crippen LogP contribution in [-0.2, 0) is 6.42 Å². The maximum atomic E-state index is 2.32. The van der Waals surface area contributed by atoms with Crippen LogP contribution in [0.1, 0.15) is 16.0 Å². The predicted molar refractivity (Wildman–Crippen MR) is 55.2 cm³/mol. The maximum Gasteiger partial charge on any atom is 0.0392 e. The van der Waals surface area contributed by atoms with Crippen LogP contribution in [0, 0.1) is 6.92 Å². The normalized spacial score (nSPS) is 13.1. The van der Waals surface area contributed by atoms with Crippen LogP contribution in [0.5, 0.6) is 0 Å². The van der Waals surface area contributed by atoms with E-state index in [4.69, 9.17) is 0 Å². The standard InChI is InChI=1S/C10H8S2/c1-6-2-7-3-8-4-11-5-9(8)10(7)12-6/h2,4-5H,3H2,1H3. The summed E-state index contributed by atoms with van der Waals surface area (Å²) in [6, 6.07) is 2.32. The molecule has 0 unspecified atom stereocenters. The molecule has 0 aliphatic heterocycles. The summed E-state index contributed by atoms with van der Waals surface area (Å²) < 4.78 is 0. The summed E-state index contributed by atoms with van der Waals surface area (Å²) in [5.41, 5.74) is 4.56. The Kier molecular flexibility index (Phi) is 1.26. The van der Waals surface area contributed by atoms with Crippen LogP contribution in [0.3, 0.4) is 0 Å². The Morgan fingerprint density at radius 1 is 1.25 bits per heavy atom. The van der Waals surface area contributed by atoms with Gasteiger partial charge in [-0.2, -0.15) is 11.3 Å². The van der Waals surface area contributed by atoms with Crippen molar-refractivity contribution in [1.29, 1.82) is 0 Å². The van der Waals surface area contributed by atoms with Crippen molar-refractivity contribution >= 4 is 22.7 Å². The number of hydrogen-bond donors (Lipinski definition) is 0. The number of aryl methyl sites for hydroxylation is 1. The first-order chi connectivity index (χ1) is 5.84. The van der Waals surface area contributed by atoms with Crippen LogP contribution >= 0.6 is 22.7 Å². The quantitative estimate of drug-likeness (QED) is 0.509. The van der Waals surface area contributed by atoms with E-state index in [0.29, 0.717) is 0 Å². The first-order valence-corrected chi connectivity index (χ1v) is 5.75. The Labute approximate surface area is 79.5 Å². The molecule has 0 nitrogen and oxygen atoms in total. The zero-order valence-corrected chi connectivity index (χ0v) is 8.39. The Hall–Kier alpha value is -0.600. The SMILES string of the molecule is Cc1cc2c(s1)-c1cscc1C2. The minimum atomic E-state index is 1.17. The molecule has 0 aromatic carbocycles. The van der Waals surface area contributed by atoms with E-state index in [9.17, 15) is 0 Å². The Bertz CT molecular complexity index is 434. The van der Waals surface area contributed by atoms with E-state index < -0.39 is 0 Å². The molecule has 0 spiro atoms. The second-order valence-corrected chi connectivity index (χ2v) is 5.20. The van der Waals surface area contributed by atoms with E-state index in [1.165, 1.54) is 32.9 Å². The highest BCUT2D eigenvalue weighted by atomic mass is 32.1. The van der Waals surface area contributed by atoms with Crippen molar-refractivity contribution in [3.8, 4) is 10.4 Å². The second kappa shape index (κ2) is 2.21. The molecule has 60 valence electrons. The van der Waals surface area contributed by atoms with Gasteiger partial charge in [0.2, 0.25) is 0 Å². The summed E-state index contributed by atoms with van der Waals surface area (Å²) in [4.78, 5) is 2.96. The largest absolute Gasteiger partial charge is 0.151 e. The van der Waals surface area contributed by atoms with Gasteiger partial charge >= 0.3 is 0 Å². The molecule has 3 rings (SSSR count). The van der Waals surface area contributed by atoms with Crippen molar-refractivity contribution in [3.05, 3.63) is 32.8 Å². The summed E-state index contributed by atoms with van der Waals surface area (Å²) in [7, 11) is 0. The molecule has 1 aliphatic carbocycles. The smallest absolute Gasteiger partial charge is 0.0392 e. The molecular formula is C10H8S2. The fraction of sp³-hybridized carbons (Fsp3) is 0.200. The van der Waals surface area contributed by atoms with E-state index in [0.717, 1.165) is 0 Å². The van der Waals surface area contributed by atoms with Gasteiger partial charge in [-0.25, -0.2) is 0 Å². The Balaban J connectivity index is 2.32. The van der Waals surface area contributed by atoms with Crippen LogP contribution in [0.2, 0.25) is 0 Å². The number of rotatable bonds is 0. The number of thiophene rings is 2. The fourth-order valence-electron chi connectivity index (χ4n) is 1.79. The average molecular weight is 192 g/mol. The number of fused-ring (bicyclic) bond motifs is 3. The van der Waals surface area contributed by atoms with Crippen molar-refractivity contribution in [2.24, 2.45) is 0 Å². The van der Waals surface area contributed by atoms with Gasteiger partial charge in [0.25, 0.3) is 0 Å². The third kappa shape index (κ3) is 0.767. The van der Waals surface area contributed by atoms with E-state index in [1.807, 2.05) is 22.7 Å². The van der Waals surface area contributed by atoms with Crippen LogP contribution in [0.25, 0.3) is 10.4 Å². The van der Waals surface area contributed by atoms with Gasteiger partial charge in [0.1, 0.15) is 0 Å². The van der Waals surface area contributed by atoms with E-state index >= 15 is 0 Å². The van der Waals surface area contributed by atoms with Crippen LogP contribution in [-0.4, -0.2) is 0 Å². The lowest BCUT2D eigenvalue weighted by molar-refractivity contribution is 1.28. The molecule has 0 atom stereocenters. The van der Waals surface area contributed by atoms with Crippen molar-refractivity contribution in [3.63, 3.8) is 0 Å². The zero-order valence-electron chi connectivity index (χ0n) is 6.76. The van der Waals surface area contributed by atoms with Crippen molar-refractivity contribution in [2.75, 3.05) is 0 Å². The molecule has 2 aromatic heterocycles. The summed E-state index contributed by atoms with van der Waals surface area (Å²) in [5.74, 6) is 0. The predicted octanol–water partition coefficient (Wildman–Crippen LogP) is 3.69. The third-order valence-electron chi connectivity index (χ3n) is 2.30. The van der Waals surface area contributed by atoms with Gasteiger partial charge < -0.3 is 0 Å². The Morgan fingerprint density at radius 3 is 3.08 bits per heavy atom. The van der Waals surface area contributed by atoms with Gasteiger partial charge in [0, 0.05) is 21.7 Å². The highest BCUT2D eigenvalue weighted by molar-refractivity contribution is 7.16. The molecule has 0 bridgehead atoms. The lowest BCUT2D eigenvalue weighted by Gasteiger charge is -1.86. The molecule has 0 N–H and O–H groups in total. The summed E-state index contributed by atoms with van der Waals surface area (Å²) in [6.45, 7) is 2.19. The Morgan fingerprint density at radius 2 is 2.17 bits per heavy atom. The van der Waals surface area contributed by atoms with Crippen molar-refractivity contribution in [1.82, 2.24) is 0 Å². The van der Waals surface area contributed by atoms with Crippen LogP contribution < -0.4 is 0 Å². The van der Waals surface area contributed by atoms with Gasteiger partial charge in [-0.05, 0) is 34.9 Å². The summed E-state index contributed by atoms with van der Waals surface area (Å²) >= 11 is 3.75. The molecule has 0 fully saturated rings. The second-order valence-electron chi connectivity index (χ2n) is 3.20. The minimum absolute atomic E-state index is 1.17. The topological polar surface area (TPSA) is 0 Å². The van der Waals surface area contributed by atoms with E-state index in [1.54, 1.807) is 0 Å². The molecule has 0 saturated heterocycles. The van der Waals surface area contributed by atoms with Crippen LogP contribution in [0.4, 0.5) is 0 Å². The van der Waals surface area contributed by atoms with Gasteiger partial charge in [-0.1, -0.05) is 0 Å². The molecule has 2 aromatic rings. The van der Waals surface area contributed by atoms with Gasteiger partial charge in [-0.3, -0.25) is 0 Å². The highest BCUT2D eigenvalue weighted by Crippen LogP contribution is 2.43. The maximum absolute atomic E-state index is 2.32. The molecule has 2 heterocycles. The van der Waals surface area contributed by atoms with Gasteiger partial charge in [-0.15, -0.1) is 11.3 Å². The fourth-order valence-corrected chi connectivity index (χ4v) is 3.80. The highest BCUT2D eigenvalue weighted by Gasteiger charge is 2.20. The average Bonchev–Trinajstić information content (AvgIpc) is 2.59. The zero-order chi connectivity index (χ0) is 8.13. The van der Waals surface area contributed by atoms with Gasteiger partial charge in [0.05, 0.1) is 0 Å². The van der Waals surface area contributed by atoms with Crippen molar-refractivity contribution in [2.45, 2.75) is 13.3 Å². The first-order valence-electron chi connectivity index (χ1n) is 3.99. The molecular weight excluding hydrogens is 184 g/mol. The first kappa shape index (κ1) is 6.87. The summed E-state index contributed by atoms with van der Waals surface area (Å²) in [6.07, 6.45) is 1.17. The minimum Gasteiger partial charge on any atom is -0.151 e. The lowest BCUT2D eigenvalue weighted by Crippen LogP contribution is -1.73. The van der Waals surface area contributed by atoms with E-state index in [2.05, 4.69) is 23.8 Å². The monoisotopic (exact) mass is 192 g/mol. The molecule has 1 aliphatic rings. The summed E-state index contributed by atoms with van der Waals surface area (Å²) in [5, 5.41) is 4.55. The number of hydrogen-bond acceptors (Lipinski definition) is 2. The lowest BCUT2D eigenvalue weighted by atomic mass is 10.2. The molecule has 12 heavy (non-hydrogen) atoms. The molecule has 0 amide bonds. The third-order valence-corrected chi connectivity index (χ3v) is 4.22. The van der Waals surface area contributed by atoms with E-state index in [-0.39, 0.29) is 0 Å². The van der Waals surface area contributed by atoms with Gasteiger partial charge in [0.15, 0.2) is 0 Å². The molecule has 0 radical (unpaired) electrons. The van der Waals surface area contributed by atoms with Crippen molar-refractivity contribution < 1.29 is 0 Å². The molecule has 0 saturated carbocycles.